The molecule has 146 valence electrons. The molecule has 3 N–H and O–H groups in total. The number of halogens is 1. The fraction of sp³-hybridized carbons (Fsp3) is 0.286. The Morgan fingerprint density at radius 2 is 1.64 bits per heavy atom. The van der Waals surface area contributed by atoms with Crippen LogP contribution < -0.4 is 16.0 Å². The van der Waals surface area contributed by atoms with Crippen molar-refractivity contribution in [3.63, 3.8) is 0 Å². The van der Waals surface area contributed by atoms with Crippen molar-refractivity contribution in [2.24, 2.45) is 0 Å². The lowest BCUT2D eigenvalue weighted by Crippen LogP contribution is -2.36. The predicted molar refractivity (Wildman–Crippen MR) is 119 cm³/mol. The van der Waals surface area contributed by atoms with Gasteiger partial charge in [-0.15, -0.1) is 0 Å². The second-order valence-electron chi connectivity index (χ2n) is 6.80. The number of anilines is 1. The fourth-order valence-corrected chi connectivity index (χ4v) is 3.67. The van der Waals surface area contributed by atoms with E-state index in [9.17, 15) is 9.59 Å². The Balaban J connectivity index is 1.57. The third kappa shape index (κ3) is 5.87. The first-order valence-corrected chi connectivity index (χ1v) is 10.5. The summed E-state index contributed by atoms with van der Waals surface area (Å²) in [5.74, 6) is -0.378. The molecule has 0 aromatic heterocycles. The summed E-state index contributed by atoms with van der Waals surface area (Å²) in [5.41, 5.74) is 1.72. The van der Waals surface area contributed by atoms with Gasteiger partial charge in [0, 0.05) is 27.3 Å². The Labute approximate surface area is 178 Å². The van der Waals surface area contributed by atoms with Crippen LogP contribution in [-0.2, 0) is 0 Å². The van der Waals surface area contributed by atoms with Crippen LogP contribution in [0.3, 0.4) is 0 Å². The summed E-state index contributed by atoms with van der Waals surface area (Å²) in [6.07, 6.45) is 5.65. The van der Waals surface area contributed by atoms with Gasteiger partial charge in [-0.3, -0.25) is 14.9 Å². The minimum atomic E-state index is -0.295. The molecule has 0 bridgehead atoms. The lowest BCUT2D eigenvalue weighted by molar-refractivity contribution is 0.0926. The quantitative estimate of drug-likeness (QED) is 0.582. The van der Waals surface area contributed by atoms with Crippen LogP contribution in [-0.4, -0.2) is 23.0 Å². The molecule has 28 heavy (non-hydrogen) atoms. The van der Waals surface area contributed by atoms with Gasteiger partial charge in [0.25, 0.3) is 11.8 Å². The van der Waals surface area contributed by atoms with E-state index in [1.807, 2.05) is 0 Å². The third-order valence-electron chi connectivity index (χ3n) is 4.66. The van der Waals surface area contributed by atoms with Crippen molar-refractivity contribution in [2.45, 2.75) is 38.1 Å². The molecule has 0 spiro atoms. The van der Waals surface area contributed by atoms with Crippen LogP contribution in [0.1, 0.15) is 52.8 Å². The zero-order valence-electron chi connectivity index (χ0n) is 15.3. The van der Waals surface area contributed by atoms with Gasteiger partial charge in [-0.25, -0.2) is 0 Å². The van der Waals surface area contributed by atoms with Gasteiger partial charge in [0.2, 0.25) is 0 Å². The van der Waals surface area contributed by atoms with Crippen molar-refractivity contribution in [3.05, 3.63) is 64.1 Å². The standard InChI is InChI=1S/C21H22BrN3O2S/c22-16-11-9-14(10-12-16)19(26)25-21(28)24-18-8-4-5-15(13-18)20(27)23-17-6-2-1-3-7-17/h4-5,8-13,17H,1-3,6-7H2,(H,23,27)(H2,24,25,26,28). The fourth-order valence-electron chi connectivity index (χ4n) is 3.19. The number of amides is 2. The molecule has 0 heterocycles. The van der Waals surface area contributed by atoms with E-state index in [2.05, 4.69) is 31.9 Å². The zero-order chi connectivity index (χ0) is 19.9. The van der Waals surface area contributed by atoms with Crippen LogP contribution >= 0.6 is 28.1 Å². The minimum absolute atomic E-state index is 0.0830. The summed E-state index contributed by atoms with van der Waals surface area (Å²) in [7, 11) is 0. The Kier molecular flexibility index (Phi) is 7.17. The molecule has 1 fully saturated rings. The molecule has 0 atom stereocenters. The van der Waals surface area contributed by atoms with Crippen LogP contribution in [0.2, 0.25) is 0 Å². The van der Waals surface area contributed by atoms with Crippen LogP contribution in [0.4, 0.5) is 5.69 Å². The van der Waals surface area contributed by atoms with Crippen LogP contribution in [0.5, 0.6) is 0 Å². The van der Waals surface area contributed by atoms with Gasteiger partial charge >= 0.3 is 0 Å². The summed E-state index contributed by atoms with van der Waals surface area (Å²) in [6.45, 7) is 0. The summed E-state index contributed by atoms with van der Waals surface area (Å²) in [6, 6.07) is 14.3. The monoisotopic (exact) mass is 459 g/mol. The largest absolute Gasteiger partial charge is 0.349 e. The van der Waals surface area contributed by atoms with E-state index in [4.69, 9.17) is 12.2 Å². The molecule has 3 rings (SSSR count). The average Bonchev–Trinajstić information content (AvgIpc) is 2.69. The van der Waals surface area contributed by atoms with Crippen LogP contribution in [0.25, 0.3) is 0 Å². The lowest BCUT2D eigenvalue weighted by atomic mass is 9.95. The molecule has 2 aromatic rings. The van der Waals surface area contributed by atoms with E-state index in [1.54, 1.807) is 48.5 Å². The van der Waals surface area contributed by atoms with Gasteiger partial charge in [-0.1, -0.05) is 41.3 Å². The second kappa shape index (κ2) is 9.80. The average molecular weight is 460 g/mol. The molecule has 1 aliphatic carbocycles. The van der Waals surface area contributed by atoms with Crippen molar-refractivity contribution in [2.75, 3.05) is 5.32 Å². The van der Waals surface area contributed by atoms with E-state index in [0.717, 1.165) is 17.3 Å². The summed E-state index contributed by atoms with van der Waals surface area (Å²) in [5, 5.41) is 8.89. The third-order valence-corrected chi connectivity index (χ3v) is 5.39. The Hall–Kier alpha value is -2.25. The van der Waals surface area contributed by atoms with Gasteiger partial charge in [0.1, 0.15) is 0 Å². The second-order valence-corrected chi connectivity index (χ2v) is 8.13. The summed E-state index contributed by atoms with van der Waals surface area (Å²) < 4.78 is 0.896. The van der Waals surface area contributed by atoms with Gasteiger partial charge in [-0.2, -0.15) is 0 Å². The van der Waals surface area contributed by atoms with Crippen molar-refractivity contribution in [1.29, 1.82) is 0 Å². The lowest BCUT2D eigenvalue weighted by Gasteiger charge is -2.22. The number of thiocarbonyl (C=S) groups is 1. The van der Waals surface area contributed by atoms with Crippen molar-refractivity contribution in [3.8, 4) is 0 Å². The molecule has 0 unspecified atom stereocenters. The molecule has 0 radical (unpaired) electrons. The van der Waals surface area contributed by atoms with Crippen molar-refractivity contribution >= 4 is 50.8 Å². The first-order valence-electron chi connectivity index (χ1n) is 9.30. The minimum Gasteiger partial charge on any atom is -0.349 e. The molecule has 7 heteroatoms. The van der Waals surface area contributed by atoms with Gasteiger partial charge in [-0.05, 0) is 67.5 Å². The van der Waals surface area contributed by atoms with Crippen molar-refractivity contribution in [1.82, 2.24) is 10.6 Å². The molecule has 1 aliphatic rings. The zero-order valence-corrected chi connectivity index (χ0v) is 17.7. The molecule has 2 aromatic carbocycles. The van der Waals surface area contributed by atoms with Gasteiger partial charge in [0.15, 0.2) is 5.11 Å². The number of rotatable bonds is 4. The number of carbonyl (C=O) groups is 2. The number of hydrogen-bond acceptors (Lipinski definition) is 3. The number of nitrogens with one attached hydrogen (secondary N) is 3. The van der Waals surface area contributed by atoms with Gasteiger partial charge < -0.3 is 10.6 Å². The highest BCUT2D eigenvalue weighted by Gasteiger charge is 2.17. The molecule has 5 nitrogen and oxygen atoms in total. The highest BCUT2D eigenvalue weighted by atomic mass is 79.9. The SMILES string of the molecule is O=C(NC(=S)Nc1cccc(C(=O)NC2CCCCC2)c1)c1ccc(Br)cc1. The maximum absolute atomic E-state index is 12.5. The maximum atomic E-state index is 12.5. The van der Waals surface area contributed by atoms with Crippen LogP contribution in [0.15, 0.2) is 53.0 Å². The molecule has 2 amide bonds. The topological polar surface area (TPSA) is 70.2 Å². The smallest absolute Gasteiger partial charge is 0.257 e. The first kappa shape index (κ1) is 20.5. The van der Waals surface area contributed by atoms with E-state index < -0.39 is 0 Å². The highest BCUT2D eigenvalue weighted by molar-refractivity contribution is 9.10. The van der Waals surface area contributed by atoms with Crippen LogP contribution in [0, 0.1) is 0 Å². The predicted octanol–water partition coefficient (Wildman–Crippen LogP) is 4.64. The van der Waals surface area contributed by atoms with E-state index >= 15 is 0 Å². The Morgan fingerprint density at radius 3 is 2.36 bits per heavy atom. The first-order chi connectivity index (χ1) is 13.5. The van der Waals surface area contributed by atoms with E-state index in [1.165, 1.54) is 19.3 Å². The molecule has 0 aliphatic heterocycles. The summed E-state index contributed by atoms with van der Waals surface area (Å²) >= 11 is 8.56. The highest BCUT2D eigenvalue weighted by Crippen LogP contribution is 2.18. The number of benzene rings is 2. The Morgan fingerprint density at radius 1 is 0.929 bits per heavy atom. The van der Waals surface area contributed by atoms with Crippen molar-refractivity contribution < 1.29 is 9.59 Å². The molecule has 0 saturated heterocycles. The van der Waals surface area contributed by atoms with E-state index in [-0.39, 0.29) is 23.0 Å². The Bertz CT molecular complexity index is 864. The number of hydrogen-bond donors (Lipinski definition) is 3. The van der Waals surface area contributed by atoms with Gasteiger partial charge in [0.05, 0.1) is 0 Å². The molecular weight excluding hydrogens is 438 g/mol. The normalized spacial score (nSPS) is 14.2. The molecular formula is C21H22BrN3O2S. The number of carbonyl (C=O) groups excluding carboxylic acids is 2. The summed E-state index contributed by atoms with van der Waals surface area (Å²) in [4.78, 5) is 24.7. The van der Waals surface area contributed by atoms with E-state index in [0.29, 0.717) is 16.8 Å². The maximum Gasteiger partial charge on any atom is 0.257 e. The molecule has 1 saturated carbocycles.